The molecule has 1 aliphatic rings. The molecule has 0 aromatic carbocycles. The Kier molecular flexibility index (Phi) is 4.45. The molecule has 15 heavy (non-hydrogen) atoms. The molecule has 6 heteroatoms. The van der Waals surface area contributed by atoms with Gasteiger partial charge in [-0.1, -0.05) is 0 Å². The van der Waals surface area contributed by atoms with Gasteiger partial charge in [-0.25, -0.2) is 8.42 Å². The van der Waals surface area contributed by atoms with Gasteiger partial charge in [0.2, 0.25) is 0 Å². The van der Waals surface area contributed by atoms with E-state index in [2.05, 4.69) is 17.4 Å². The molecule has 1 fully saturated rings. The summed E-state index contributed by atoms with van der Waals surface area (Å²) in [5, 5.41) is 0. The highest BCUT2D eigenvalue weighted by molar-refractivity contribution is 7.91. The highest BCUT2D eigenvalue weighted by Crippen LogP contribution is 2.27. The Balaban J connectivity index is 2.61. The summed E-state index contributed by atoms with van der Waals surface area (Å²) in [4.78, 5) is 11.4. The van der Waals surface area contributed by atoms with E-state index in [9.17, 15) is 13.2 Å². The van der Waals surface area contributed by atoms with Gasteiger partial charge >= 0.3 is 5.97 Å². The number of ether oxygens (including phenoxy) is 1. The van der Waals surface area contributed by atoms with E-state index in [1.807, 2.05) is 0 Å². The van der Waals surface area contributed by atoms with Gasteiger partial charge in [0.1, 0.15) is 9.84 Å². The van der Waals surface area contributed by atoms with Gasteiger partial charge in [-0.05, 0) is 18.8 Å². The molecular weight excluding hydrogens is 236 g/mol. The summed E-state index contributed by atoms with van der Waals surface area (Å²) in [6, 6.07) is 0. The van der Waals surface area contributed by atoms with E-state index in [1.165, 1.54) is 7.11 Å². The standard InChI is InChI=1S/C9H16O4S2/c1-13-9(10)8(6-14)7-2-4-15(11,12)5-3-7/h7-8,14H,2-6H2,1H3. The van der Waals surface area contributed by atoms with Crippen LogP contribution in [-0.2, 0) is 19.4 Å². The second kappa shape index (κ2) is 5.21. The maximum absolute atomic E-state index is 11.4. The fourth-order valence-electron chi connectivity index (χ4n) is 1.88. The largest absolute Gasteiger partial charge is 0.469 e. The second-order valence-electron chi connectivity index (χ2n) is 3.80. The first-order valence-electron chi connectivity index (χ1n) is 4.89. The Morgan fingerprint density at radius 1 is 1.47 bits per heavy atom. The molecule has 0 aromatic rings. The lowest BCUT2D eigenvalue weighted by Gasteiger charge is -2.27. The smallest absolute Gasteiger partial charge is 0.309 e. The molecular formula is C9H16O4S2. The van der Waals surface area contributed by atoms with Gasteiger partial charge in [-0.3, -0.25) is 4.79 Å². The Morgan fingerprint density at radius 2 is 2.00 bits per heavy atom. The number of hydrogen-bond acceptors (Lipinski definition) is 5. The van der Waals surface area contributed by atoms with Crippen LogP contribution in [0.25, 0.3) is 0 Å². The summed E-state index contributed by atoms with van der Waals surface area (Å²) in [6.45, 7) is 0. The Labute approximate surface area is 95.7 Å². The number of methoxy groups -OCH3 is 1. The van der Waals surface area contributed by atoms with Gasteiger partial charge in [-0.15, -0.1) is 0 Å². The fourth-order valence-corrected chi connectivity index (χ4v) is 3.85. The first-order chi connectivity index (χ1) is 7.00. The average Bonchev–Trinajstić information content (AvgIpc) is 2.21. The monoisotopic (exact) mass is 252 g/mol. The lowest BCUT2D eigenvalue weighted by molar-refractivity contribution is -0.146. The molecule has 0 N–H and O–H groups in total. The molecule has 0 aliphatic carbocycles. The van der Waals surface area contributed by atoms with Crippen molar-refractivity contribution < 1.29 is 17.9 Å². The quantitative estimate of drug-likeness (QED) is 0.588. The topological polar surface area (TPSA) is 60.4 Å². The normalized spacial score (nSPS) is 23.3. The molecule has 0 aromatic heterocycles. The predicted octanol–water partition coefficient (Wildman–Crippen LogP) is 0.530. The highest BCUT2D eigenvalue weighted by Gasteiger charge is 2.33. The zero-order valence-corrected chi connectivity index (χ0v) is 10.4. The van der Waals surface area contributed by atoms with Gasteiger partial charge in [0.05, 0.1) is 24.5 Å². The summed E-state index contributed by atoms with van der Waals surface area (Å²) in [5.74, 6) is 0.316. The van der Waals surface area contributed by atoms with Crippen LogP contribution in [0.15, 0.2) is 0 Å². The molecule has 1 rings (SSSR count). The van der Waals surface area contributed by atoms with E-state index in [4.69, 9.17) is 0 Å². The van der Waals surface area contributed by atoms with Crippen molar-refractivity contribution in [2.75, 3.05) is 24.4 Å². The fraction of sp³-hybridized carbons (Fsp3) is 0.889. The molecule has 1 saturated heterocycles. The van der Waals surface area contributed by atoms with Crippen molar-refractivity contribution >= 4 is 28.4 Å². The van der Waals surface area contributed by atoms with Crippen molar-refractivity contribution in [3.8, 4) is 0 Å². The Bertz CT molecular complexity index is 309. The maximum Gasteiger partial charge on any atom is 0.309 e. The summed E-state index contributed by atoms with van der Waals surface area (Å²) in [6.07, 6.45) is 1.09. The van der Waals surface area contributed by atoms with Crippen LogP contribution in [0, 0.1) is 11.8 Å². The molecule has 1 atom stereocenters. The van der Waals surface area contributed by atoms with Crippen LogP contribution in [0.4, 0.5) is 0 Å². The SMILES string of the molecule is COC(=O)C(CS)C1CCS(=O)(=O)CC1. The molecule has 0 saturated carbocycles. The Morgan fingerprint density at radius 3 is 2.40 bits per heavy atom. The molecule has 0 spiro atoms. The van der Waals surface area contributed by atoms with Crippen LogP contribution >= 0.6 is 12.6 Å². The van der Waals surface area contributed by atoms with Crippen LogP contribution < -0.4 is 0 Å². The number of rotatable bonds is 3. The van der Waals surface area contributed by atoms with E-state index in [-0.39, 0.29) is 29.3 Å². The highest BCUT2D eigenvalue weighted by atomic mass is 32.2. The Hall–Kier alpha value is -0.230. The summed E-state index contributed by atoms with van der Waals surface area (Å²) >= 11 is 4.11. The van der Waals surface area contributed by atoms with Crippen LogP contribution in [-0.4, -0.2) is 38.8 Å². The van der Waals surface area contributed by atoms with Gasteiger partial charge in [-0.2, -0.15) is 12.6 Å². The van der Waals surface area contributed by atoms with E-state index < -0.39 is 9.84 Å². The van der Waals surface area contributed by atoms with E-state index in [1.54, 1.807) is 0 Å². The van der Waals surface area contributed by atoms with Crippen molar-refractivity contribution in [2.24, 2.45) is 11.8 Å². The molecule has 88 valence electrons. The number of carbonyl (C=O) groups is 1. The minimum absolute atomic E-state index is 0.0958. The molecule has 1 heterocycles. The summed E-state index contributed by atoms with van der Waals surface area (Å²) in [5.41, 5.74) is 0. The molecule has 1 aliphatic heterocycles. The summed E-state index contributed by atoms with van der Waals surface area (Å²) in [7, 11) is -1.52. The third kappa shape index (κ3) is 3.38. The van der Waals surface area contributed by atoms with Crippen LogP contribution in [0.2, 0.25) is 0 Å². The first-order valence-corrected chi connectivity index (χ1v) is 7.34. The number of sulfone groups is 1. The van der Waals surface area contributed by atoms with E-state index in [0.717, 1.165) is 0 Å². The van der Waals surface area contributed by atoms with Crippen LogP contribution in [0.3, 0.4) is 0 Å². The zero-order chi connectivity index (χ0) is 11.5. The lowest BCUT2D eigenvalue weighted by Crippen LogP contribution is -2.33. The molecule has 1 unspecified atom stereocenters. The van der Waals surface area contributed by atoms with Crippen molar-refractivity contribution in [1.29, 1.82) is 0 Å². The molecule has 4 nitrogen and oxygen atoms in total. The molecule has 0 bridgehead atoms. The van der Waals surface area contributed by atoms with Crippen molar-refractivity contribution in [1.82, 2.24) is 0 Å². The predicted molar refractivity (Wildman–Crippen MR) is 60.7 cm³/mol. The van der Waals surface area contributed by atoms with Crippen molar-refractivity contribution in [3.63, 3.8) is 0 Å². The molecule has 0 amide bonds. The first kappa shape index (κ1) is 12.8. The van der Waals surface area contributed by atoms with Crippen LogP contribution in [0.5, 0.6) is 0 Å². The zero-order valence-electron chi connectivity index (χ0n) is 8.68. The third-order valence-electron chi connectivity index (χ3n) is 2.87. The average molecular weight is 252 g/mol. The van der Waals surface area contributed by atoms with Gasteiger partial charge in [0, 0.05) is 5.75 Å². The van der Waals surface area contributed by atoms with E-state index >= 15 is 0 Å². The number of thiol groups is 1. The lowest BCUT2D eigenvalue weighted by atomic mass is 9.89. The van der Waals surface area contributed by atoms with Gasteiger partial charge < -0.3 is 4.74 Å². The second-order valence-corrected chi connectivity index (χ2v) is 6.47. The van der Waals surface area contributed by atoms with Gasteiger partial charge in [0.15, 0.2) is 0 Å². The summed E-state index contributed by atoms with van der Waals surface area (Å²) < 4.78 is 27.1. The number of carbonyl (C=O) groups excluding carboxylic acids is 1. The minimum atomic E-state index is -2.87. The molecule has 0 radical (unpaired) electrons. The van der Waals surface area contributed by atoms with Crippen LogP contribution in [0.1, 0.15) is 12.8 Å². The number of hydrogen-bond donors (Lipinski definition) is 1. The van der Waals surface area contributed by atoms with Gasteiger partial charge in [0.25, 0.3) is 0 Å². The number of esters is 1. The van der Waals surface area contributed by atoms with Crippen molar-refractivity contribution in [3.05, 3.63) is 0 Å². The third-order valence-corrected chi connectivity index (χ3v) is 4.98. The maximum atomic E-state index is 11.4. The van der Waals surface area contributed by atoms with Crippen molar-refractivity contribution in [2.45, 2.75) is 12.8 Å². The minimum Gasteiger partial charge on any atom is -0.469 e. The van der Waals surface area contributed by atoms with E-state index in [0.29, 0.717) is 18.6 Å².